The smallest absolute Gasteiger partial charge is 0.308 e. The average molecular weight is 274 g/mol. The van der Waals surface area contributed by atoms with Gasteiger partial charge in [-0.25, -0.2) is 4.68 Å². The Morgan fingerprint density at radius 2 is 2.10 bits per heavy atom. The Morgan fingerprint density at radius 1 is 1.35 bits per heavy atom. The fourth-order valence-electron chi connectivity index (χ4n) is 2.02. The molecular weight excluding hydrogens is 256 g/mol. The highest BCUT2D eigenvalue weighted by Gasteiger charge is 2.15. The summed E-state index contributed by atoms with van der Waals surface area (Å²) in [5.41, 5.74) is 2.50. The Labute approximate surface area is 117 Å². The van der Waals surface area contributed by atoms with Gasteiger partial charge in [-0.3, -0.25) is 4.79 Å². The van der Waals surface area contributed by atoms with Gasteiger partial charge >= 0.3 is 5.97 Å². The first kappa shape index (κ1) is 14.2. The van der Waals surface area contributed by atoms with Crippen LogP contribution in [-0.4, -0.2) is 31.3 Å². The Morgan fingerprint density at radius 3 is 2.80 bits per heavy atom. The summed E-state index contributed by atoms with van der Waals surface area (Å²) in [6, 6.07) is 8.18. The first-order valence-electron chi connectivity index (χ1n) is 6.60. The molecule has 6 nitrogen and oxygen atoms in total. The van der Waals surface area contributed by atoms with Gasteiger partial charge in [0.25, 0.3) is 0 Å². The molecule has 1 atom stereocenters. The number of carboxylic acid groups (broad SMARTS) is 1. The van der Waals surface area contributed by atoms with E-state index in [1.807, 2.05) is 12.1 Å². The Balaban J connectivity index is 2.02. The number of aryl methyl sites for hydroxylation is 3. The molecule has 0 saturated heterocycles. The molecule has 0 aliphatic carbocycles. The van der Waals surface area contributed by atoms with Crippen molar-refractivity contribution in [1.29, 1.82) is 0 Å². The predicted molar refractivity (Wildman–Crippen MR) is 73.2 cm³/mol. The summed E-state index contributed by atoms with van der Waals surface area (Å²) in [4.78, 5) is 10.9. The maximum absolute atomic E-state index is 10.9. The lowest BCUT2D eigenvalue weighted by Crippen LogP contribution is -2.19. The Bertz CT molecular complexity index is 594. The van der Waals surface area contributed by atoms with E-state index in [0.717, 1.165) is 12.2 Å². The van der Waals surface area contributed by atoms with E-state index in [1.165, 1.54) is 11.1 Å². The molecule has 0 amide bonds. The Hall–Kier alpha value is -2.24. The van der Waals surface area contributed by atoms with Crippen LogP contribution in [0.25, 0.3) is 0 Å². The van der Waals surface area contributed by atoms with Crippen molar-refractivity contribution >= 4 is 5.97 Å². The summed E-state index contributed by atoms with van der Waals surface area (Å²) in [6.45, 7) is 4.02. The summed E-state index contributed by atoms with van der Waals surface area (Å²) in [5.74, 6) is -0.623. The number of aromatic nitrogens is 4. The highest BCUT2D eigenvalue weighted by Crippen LogP contribution is 2.11. The number of rotatable bonds is 6. The first-order valence-corrected chi connectivity index (χ1v) is 6.60. The van der Waals surface area contributed by atoms with Crippen molar-refractivity contribution in [3.05, 3.63) is 41.2 Å². The third-order valence-corrected chi connectivity index (χ3v) is 3.35. The number of hydrogen-bond donors (Lipinski definition) is 1. The lowest BCUT2D eigenvalue weighted by molar-refractivity contribution is -0.141. The lowest BCUT2D eigenvalue weighted by atomic mass is 10.0. The van der Waals surface area contributed by atoms with Gasteiger partial charge in [0.2, 0.25) is 0 Å². The standard InChI is InChI=1S/C14H18N4O2/c1-10-5-3-4-6-12(10)7-8-13-15-16-17-18(13)9-11(2)14(19)20/h3-6,11H,7-9H2,1-2H3,(H,19,20). The van der Waals surface area contributed by atoms with Gasteiger partial charge < -0.3 is 5.11 Å². The van der Waals surface area contributed by atoms with Crippen molar-refractivity contribution in [2.45, 2.75) is 33.2 Å². The maximum Gasteiger partial charge on any atom is 0.308 e. The molecule has 1 N–H and O–H groups in total. The third-order valence-electron chi connectivity index (χ3n) is 3.35. The predicted octanol–water partition coefficient (Wildman–Crippen LogP) is 1.49. The van der Waals surface area contributed by atoms with Crippen LogP contribution in [-0.2, 0) is 24.2 Å². The highest BCUT2D eigenvalue weighted by molar-refractivity contribution is 5.69. The molecule has 2 rings (SSSR count). The van der Waals surface area contributed by atoms with E-state index in [9.17, 15) is 4.79 Å². The third kappa shape index (κ3) is 3.40. The van der Waals surface area contributed by atoms with Crippen LogP contribution >= 0.6 is 0 Å². The van der Waals surface area contributed by atoms with E-state index in [1.54, 1.807) is 11.6 Å². The molecular formula is C14H18N4O2. The van der Waals surface area contributed by atoms with Crippen molar-refractivity contribution in [2.24, 2.45) is 5.92 Å². The molecule has 0 bridgehead atoms. The van der Waals surface area contributed by atoms with Crippen LogP contribution in [0.1, 0.15) is 23.9 Å². The molecule has 1 aromatic carbocycles. The van der Waals surface area contributed by atoms with Crippen LogP contribution in [0.15, 0.2) is 24.3 Å². The average Bonchev–Trinajstić information content (AvgIpc) is 2.85. The summed E-state index contributed by atoms with van der Waals surface area (Å²) in [5, 5.41) is 20.4. The molecule has 1 unspecified atom stereocenters. The monoisotopic (exact) mass is 274 g/mol. The minimum absolute atomic E-state index is 0.297. The number of aliphatic carboxylic acids is 1. The number of benzene rings is 1. The van der Waals surface area contributed by atoms with Crippen molar-refractivity contribution in [3.8, 4) is 0 Å². The molecule has 1 heterocycles. The van der Waals surface area contributed by atoms with E-state index in [-0.39, 0.29) is 0 Å². The van der Waals surface area contributed by atoms with Crippen LogP contribution < -0.4 is 0 Å². The van der Waals surface area contributed by atoms with E-state index in [2.05, 4.69) is 34.6 Å². The number of hydrogen-bond acceptors (Lipinski definition) is 4. The van der Waals surface area contributed by atoms with Gasteiger partial charge in [-0.2, -0.15) is 0 Å². The Kier molecular flexibility index (Phi) is 4.45. The van der Waals surface area contributed by atoms with Gasteiger partial charge in [0, 0.05) is 6.42 Å². The zero-order valence-corrected chi connectivity index (χ0v) is 11.7. The molecule has 0 fully saturated rings. The summed E-state index contributed by atoms with van der Waals surface area (Å²) in [7, 11) is 0. The van der Waals surface area contributed by atoms with E-state index >= 15 is 0 Å². The molecule has 0 spiro atoms. The largest absolute Gasteiger partial charge is 0.481 e. The van der Waals surface area contributed by atoms with Crippen LogP contribution in [0, 0.1) is 12.8 Å². The quantitative estimate of drug-likeness (QED) is 0.863. The fourth-order valence-corrected chi connectivity index (χ4v) is 2.02. The van der Waals surface area contributed by atoms with Crippen LogP contribution in [0.4, 0.5) is 0 Å². The van der Waals surface area contributed by atoms with Crippen molar-refractivity contribution in [3.63, 3.8) is 0 Å². The zero-order valence-electron chi connectivity index (χ0n) is 11.7. The molecule has 1 aromatic heterocycles. The summed E-state index contributed by atoms with van der Waals surface area (Å²) >= 11 is 0. The molecule has 6 heteroatoms. The second-order valence-electron chi connectivity index (χ2n) is 4.94. The first-order chi connectivity index (χ1) is 9.58. The molecule has 0 radical (unpaired) electrons. The molecule has 0 aliphatic rings. The second kappa shape index (κ2) is 6.27. The normalized spacial score (nSPS) is 12.3. The minimum atomic E-state index is -0.842. The van der Waals surface area contributed by atoms with Gasteiger partial charge in [-0.1, -0.05) is 31.2 Å². The van der Waals surface area contributed by atoms with Crippen molar-refractivity contribution in [1.82, 2.24) is 20.2 Å². The number of carbonyl (C=O) groups is 1. The number of nitrogens with zero attached hydrogens (tertiary/aromatic N) is 4. The molecule has 0 saturated carbocycles. The van der Waals surface area contributed by atoms with Gasteiger partial charge in [0.05, 0.1) is 12.5 Å². The van der Waals surface area contributed by atoms with Gasteiger partial charge in [-0.15, -0.1) is 5.10 Å². The second-order valence-corrected chi connectivity index (χ2v) is 4.94. The zero-order chi connectivity index (χ0) is 14.5. The van der Waals surface area contributed by atoms with Gasteiger partial charge in [0.1, 0.15) is 0 Å². The van der Waals surface area contributed by atoms with Crippen LogP contribution in [0.2, 0.25) is 0 Å². The lowest BCUT2D eigenvalue weighted by Gasteiger charge is -2.08. The van der Waals surface area contributed by atoms with E-state index in [4.69, 9.17) is 5.11 Å². The van der Waals surface area contributed by atoms with Crippen LogP contribution in [0.3, 0.4) is 0 Å². The topological polar surface area (TPSA) is 80.9 Å². The van der Waals surface area contributed by atoms with Crippen molar-refractivity contribution < 1.29 is 9.90 Å². The molecule has 106 valence electrons. The number of carboxylic acids is 1. The SMILES string of the molecule is Cc1ccccc1CCc1nnnn1CC(C)C(=O)O. The molecule has 20 heavy (non-hydrogen) atoms. The molecule has 2 aromatic rings. The maximum atomic E-state index is 10.9. The van der Waals surface area contributed by atoms with Crippen LogP contribution in [0.5, 0.6) is 0 Å². The summed E-state index contributed by atoms with van der Waals surface area (Å²) < 4.78 is 1.58. The molecule has 0 aliphatic heterocycles. The summed E-state index contributed by atoms with van der Waals surface area (Å²) in [6.07, 6.45) is 1.54. The van der Waals surface area contributed by atoms with Gasteiger partial charge in [-0.05, 0) is 34.9 Å². The van der Waals surface area contributed by atoms with E-state index in [0.29, 0.717) is 13.0 Å². The minimum Gasteiger partial charge on any atom is -0.481 e. The van der Waals surface area contributed by atoms with E-state index < -0.39 is 11.9 Å². The number of tetrazole rings is 1. The fraction of sp³-hybridized carbons (Fsp3) is 0.429. The highest BCUT2D eigenvalue weighted by atomic mass is 16.4. The van der Waals surface area contributed by atoms with Gasteiger partial charge in [0.15, 0.2) is 5.82 Å². The van der Waals surface area contributed by atoms with Crippen molar-refractivity contribution in [2.75, 3.05) is 0 Å².